The Bertz CT molecular complexity index is 638. The zero-order chi connectivity index (χ0) is 14.8. The number of benzene rings is 1. The maximum atomic E-state index is 12.2. The molecule has 1 fully saturated rings. The minimum atomic E-state index is 0. The summed E-state index contributed by atoms with van der Waals surface area (Å²) in [6.45, 7) is 2.11. The molecule has 1 aromatic heterocycles. The number of halogens is 1. The SMILES string of the molecule is Cc1ccsc1-c1ccc(C(=O)N[C@H]2CC[C@@H](N)C2)cc1.Cl. The molecule has 1 heterocycles. The lowest BCUT2D eigenvalue weighted by atomic mass is 10.1. The van der Waals surface area contributed by atoms with Crippen LogP contribution in [0.15, 0.2) is 35.7 Å². The number of amides is 1. The lowest BCUT2D eigenvalue weighted by Gasteiger charge is -2.12. The first kappa shape index (κ1) is 17.0. The van der Waals surface area contributed by atoms with Gasteiger partial charge in [-0.15, -0.1) is 23.7 Å². The van der Waals surface area contributed by atoms with Crippen molar-refractivity contribution in [3.8, 4) is 10.4 Å². The summed E-state index contributed by atoms with van der Waals surface area (Å²) in [5, 5.41) is 5.17. The van der Waals surface area contributed by atoms with Crippen molar-refractivity contribution in [3.63, 3.8) is 0 Å². The van der Waals surface area contributed by atoms with Crippen LogP contribution in [0.25, 0.3) is 10.4 Å². The molecule has 1 amide bonds. The Labute approximate surface area is 141 Å². The van der Waals surface area contributed by atoms with Crippen LogP contribution in [0.4, 0.5) is 0 Å². The van der Waals surface area contributed by atoms with E-state index in [2.05, 4.69) is 23.7 Å². The van der Waals surface area contributed by atoms with Crippen molar-refractivity contribution < 1.29 is 4.79 Å². The smallest absolute Gasteiger partial charge is 0.251 e. The normalized spacial score (nSPS) is 20.5. The lowest BCUT2D eigenvalue weighted by molar-refractivity contribution is 0.0937. The van der Waals surface area contributed by atoms with Crippen molar-refractivity contribution in [2.24, 2.45) is 5.73 Å². The van der Waals surface area contributed by atoms with E-state index in [0.717, 1.165) is 19.3 Å². The number of aryl methyl sites for hydroxylation is 1. The third-order valence-corrected chi connectivity index (χ3v) is 5.15. The molecule has 3 N–H and O–H groups in total. The predicted molar refractivity (Wildman–Crippen MR) is 94.8 cm³/mol. The molecule has 3 rings (SSSR count). The molecule has 0 bridgehead atoms. The van der Waals surface area contributed by atoms with Crippen molar-refractivity contribution in [1.82, 2.24) is 5.32 Å². The molecule has 0 radical (unpaired) electrons. The minimum Gasteiger partial charge on any atom is -0.349 e. The van der Waals surface area contributed by atoms with E-state index in [-0.39, 0.29) is 30.4 Å². The summed E-state index contributed by atoms with van der Waals surface area (Å²) in [4.78, 5) is 13.5. The van der Waals surface area contributed by atoms with Crippen molar-refractivity contribution in [2.75, 3.05) is 0 Å². The van der Waals surface area contributed by atoms with Crippen LogP contribution in [0.2, 0.25) is 0 Å². The summed E-state index contributed by atoms with van der Waals surface area (Å²) in [6.07, 6.45) is 2.87. The van der Waals surface area contributed by atoms with Gasteiger partial charge in [-0.25, -0.2) is 0 Å². The molecule has 3 nitrogen and oxygen atoms in total. The van der Waals surface area contributed by atoms with Crippen LogP contribution in [0.5, 0.6) is 0 Å². The van der Waals surface area contributed by atoms with Crippen LogP contribution in [0, 0.1) is 6.92 Å². The first-order valence-corrected chi connectivity index (χ1v) is 8.22. The second kappa shape index (κ2) is 7.27. The molecule has 5 heteroatoms. The summed E-state index contributed by atoms with van der Waals surface area (Å²) in [5.74, 6) is 0.00329. The van der Waals surface area contributed by atoms with E-state index in [1.165, 1.54) is 16.0 Å². The van der Waals surface area contributed by atoms with E-state index in [4.69, 9.17) is 5.73 Å². The standard InChI is InChI=1S/C17H20N2OS.ClH/c1-11-8-9-21-16(11)12-2-4-13(5-3-12)17(20)19-15-7-6-14(18)10-15;/h2-5,8-9,14-15H,6-7,10,18H2,1H3,(H,19,20);1H/t14-,15+;/m1./s1. The Balaban J connectivity index is 0.00000176. The summed E-state index contributed by atoms with van der Waals surface area (Å²) >= 11 is 1.73. The fourth-order valence-corrected chi connectivity index (χ4v) is 3.79. The summed E-state index contributed by atoms with van der Waals surface area (Å²) in [7, 11) is 0. The molecule has 2 aromatic rings. The molecular formula is C17H21ClN2OS. The zero-order valence-electron chi connectivity index (χ0n) is 12.5. The highest BCUT2D eigenvalue weighted by molar-refractivity contribution is 7.13. The van der Waals surface area contributed by atoms with Gasteiger partial charge in [-0.3, -0.25) is 4.79 Å². The second-order valence-electron chi connectivity index (χ2n) is 5.75. The van der Waals surface area contributed by atoms with E-state index in [0.29, 0.717) is 5.56 Å². The molecule has 2 atom stereocenters. The van der Waals surface area contributed by atoms with Gasteiger partial charge in [-0.2, -0.15) is 0 Å². The molecule has 22 heavy (non-hydrogen) atoms. The van der Waals surface area contributed by atoms with Gasteiger partial charge in [-0.1, -0.05) is 12.1 Å². The van der Waals surface area contributed by atoms with Crippen LogP contribution in [0.1, 0.15) is 35.2 Å². The van der Waals surface area contributed by atoms with Crippen LogP contribution in [-0.4, -0.2) is 18.0 Å². The third kappa shape index (κ3) is 3.69. The molecule has 1 aliphatic carbocycles. The van der Waals surface area contributed by atoms with Crippen LogP contribution in [0.3, 0.4) is 0 Å². The van der Waals surface area contributed by atoms with E-state index >= 15 is 0 Å². The highest BCUT2D eigenvalue weighted by atomic mass is 35.5. The topological polar surface area (TPSA) is 55.1 Å². The van der Waals surface area contributed by atoms with Gasteiger partial charge in [0, 0.05) is 22.5 Å². The maximum Gasteiger partial charge on any atom is 0.251 e. The second-order valence-corrected chi connectivity index (χ2v) is 6.67. The Kier molecular flexibility index (Phi) is 5.62. The number of carbonyl (C=O) groups excluding carboxylic acids is 1. The summed E-state index contributed by atoms with van der Waals surface area (Å²) < 4.78 is 0. The number of hydrogen-bond acceptors (Lipinski definition) is 3. The Morgan fingerprint density at radius 1 is 1.23 bits per heavy atom. The van der Waals surface area contributed by atoms with Gasteiger partial charge in [0.25, 0.3) is 5.91 Å². The zero-order valence-corrected chi connectivity index (χ0v) is 14.2. The number of rotatable bonds is 3. The molecule has 1 aliphatic rings. The van der Waals surface area contributed by atoms with Crippen molar-refractivity contribution in [3.05, 3.63) is 46.8 Å². The van der Waals surface area contributed by atoms with Crippen LogP contribution >= 0.6 is 23.7 Å². The maximum absolute atomic E-state index is 12.2. The van der Waals surface area contributed by atoms with Gasteiger partial charge < -0.3 is 11.1 Å². The third-order valence-electron chi connectivity index (χ3n) is 4.08. The van der Waals surface area contributed by atoms with Gasteiger partial charge >= 0.3 is 0 Å². The molecular weight excluding hydrogens is 316 g/mol. The first-order chi connectivity index (χ1) is 10.1. The number of carbonyl (C=O) groups is 1. The fraction of sp³-hybridized carbons (Fsp3) is 0.353. The number of nitrogens with one attached hydrogen (secondary N) is 1. The molecule has 0 unspecified atom stereocenters. The van der Waals surface area contributed by atoms with Crippen molar-refractivity contribution in [2.45, 2.75) is 38.3 Å². The Hall–Kier alpha value is -1.36. The van der Waals surface area contributed by atoms with Crippen LogP contribution < -0.4 is 11.1 Å². The van der Waals surface area contributed by atoms with Gasteiger partial charge in [0.1, 0.15) is 0 Å². The highest BCUT2D eigenvalue weighted by Crippen LogP contribution is 2.29. The lowest BCUT2D eigenvalue weighted by Crippen LogP contribution is -2.33. The average molecular weight is 337 g/mol. The Morgan fingerprint density at radius 2 is 1.95 bits per heavy atom. The predicted octanol–water partition coefficient (Wildman–Crippen LogP) is 3.75. The minimum absolute atomic E-state index is 0. The van der Waals surface area contributed by atoms with Gasteiger partial charge in [0.2, 0.25) is 0 Å². The number of thiophene rings is 1. The monoisotopic (exact) mass is 336 g/mol. The average Bonchev–Trinajstić information content (AvgIpc) is 3.08. The highest BCUT2D eigenvalue weighted by Gasteiger charge is 2.23. The summed E-state index contributed by atoms with van der Waals surface area (Å²) in [5.41, 5.74) is 9.04. The molecule has 1 aromatic carbocycles. The van der Waals surface area contributed by atoms with Gasteiger partial charge in [0.15, 0.2) is 0 Å². The first-order valence-electron chi connectivity index (χ1n) is 7.34. The number of nitrogens with two attached hydrogens (primary N) is 1. The van der Waals surface area contributed by atoms with Gasteiger partial charge in [0.05, 0.1) is 0 Å². The van der Waals surface area contributed by atoms with E-state index < -0.39 is 0 Å². The molecule has 0 spiro atoms. The van der Waals surface area contributed by atoms with E-state index in [9.17, 15) is 4.79 Å². The van der Waals surface area contributed by atoms with Crippen molar-refractivity contribution in [1.29, 1.82) is 0 Å². The van der Waals surface area contributed by atoms with Crippen LogP contribution in [-0.2, 0) is 0 Å². The van der Waals surface area contributed by atoms with Crippen molar-refractivity contribution >= 4 is 29.7 Å². The fourth-order valence-electron chi connectivity index (χ4n) is 2.86. The quantitative estimate of drug-likeness (QED) is 0.896. The van der Waals surface area contributed by atoms with E-state index in [1.807, 2.05) is 24.3 Å². The Morgan fingerprint density at radius 3 is 2.50 bits per heavy atom. The van der Waals surface area contributed by atoms with E-state index in [1.54, 1.807) is 11.3 Å². The van der Waals surface area contributed by atoms with Gasteiger partial charge in [-0.05, 0) is 60.9 Å². The molecule has 1 saturated carbocycles. The number of hydrogen-bond donors (Lipinski definition) is 2. The summed E-state index contributed by atoms with van der Waals surface area (Å²) in [6, 6.07) is 10.4. The largest absolute Gasteiger partial charge is 0.349 e. The molecule has 0 aliphatic heterocycles. The molecule has 118 valence electrons. The molecule has 0 saturated heterocycles.